The monoisotopic (exact) mass is 278 g/mol. The fourth-order valence-corrected chi connectivity index (χ4v) is 3.56. The first-order chi connectivity index (χ1) is 9.54. The number of rotatable bonds is 3. The van der Waals surface area contributed by atoms with Gasteiger partial charge in [0.05, 0.1) is 18.3 Å². The minimum atomic E-state index is 0.0554. The standard InChI is InChI=1S/C14H22N4O2/c1-10-15-5-12(16-10)13(19)18-8-14(9-18)4-11(7-20-3)6-17(14)2/h5,11H,4,6-9H2,1-3H3,(H,15,16). The van der Waals surface area contributed by atoms with Crippen LogP contribution in [0.2, 0.25) is 0 Å². The Balaban J connectivity index is 1.62. The summed E-state index contributed by atoms with van der Waals surface area (Å²) in [5, 5.41) is 0. The van der Waals surface area contributed by atoms with Crippen molar-refractivity contribution in [1.29, 1.82) is 0 Å². The highest BCUT2D eigenvalue weighted by Gasteiger charge is 2.53. The van der Waals surface area contributed by atoms with Crippen molar-refractivity contribution in [1.82, 2.24) is 19.8 Å². The Morgan fingerprint density at radius 3 is 2.95 bits per heavy atom. The van der Waals surface area contributed by atoms with E-state index in [4.69, 9.17) is 4.74 Å². The summed E-state index contributed by atoms with van der Waals surface area (Å²) in [4.78, 5) is 23.7. The van der Waals surface area contributed by atoms with Gasteiger partial charge in [-0.25, -0.2) is 4.98 Å². The Bertz CT molecular complexity index is 507. The zero-order valence-electron chi connectivity index (χ0n) is 12.3. The molecule has 0 aromatic carbocycles. The number of likely N-dealkylation sites (tertiary alicyclic amines) is 2. The van der Waals surface area contributed by atoms with Gasteiger partial charge in [0.25, 0.3) is 5.91 Å². The molecule has 6 nitrogen and oxygen atoms in total. The summed E-state index contributed by atoms with van der Waals surface area (Å²) < 4.78 is 5.26. The third kappa shape index (κ3) is 2.13. The zero-order chi connectivity index (χ0) is 14.3. The number of aromatic nitrogens is 2. The summed E-state index contributed by atoms with van der Waals surface area (Å²) >= 11 is 0. The maximum atomic E-state index is 12.3. The lowest BCUT2D eigenvalue weighted by atomic mass is 9.84. The van der Waals surface area contributed by atoms with Crippen LogP contribution in [0.3, 0.4) is 0 Å². The minimum Gasteiger partial charge on any atom is -0.384 e. The number of hydrogen-bond acceptors (Lipinski definition) is 4. The molecular formula is C14H22N4O2. The molecule has 3 rings (SSSR count). The molecule has 110 valence electrons. The molecule has 1 aromatic rings. The predicted molar refractivity (Wildman–Crippen MR) is 74.6 cm³/mol. The number of likely N-dealkylation sites (N-methyl/N-ethyl adjacent to an activating group) is 1. The van der Waals surface area contributed by atoms with Crippen molar-refractivity contribution in [2.75, 3.05) is 40.4 Å². The lowest BCUT2D eigenvalue weighted by Crippen LogP contribution is -2.68. The Labute approximate surface area is 119 Å². The first-order valence-corrected chi connectivity index (χ1v) is 7.05. The van der Waals surface area contributed by atoms with Gasteiger partial charge in [0.1, 0.15) is 11.5 Å². The van der Waals surface area contributed by atoms with Gasteiger partial charge in [-0.1, -0.05) is 0 Å². The number of H-pyrrole nitrogens is 1. The average molecular weight is 278 g/mol. The summed E-state index contributed by atoms with van der Waals surface area (Å²) in [6.07, 6.45) is 2.73. The van der Waals surface area contributed by atoms with E-state index < -0.39 is 0 Å². The molecule has 6 heteroatoms. The number of imidazole rings is 1. The van der Waals surface area contributed by atoms with Gasteiger partial charge in [-0.2, -0.15) is 0 Å². The normalized spacial score (nSPS) is 25.1. The number of carbonyl (C=O) groups is 1. The molecule has 1 spiro atoms. The molecule has 0 aliphatic carbocycles. The fourth-order valence-electron chi connectivity index (χ4n) is 3.56. The van der Waals surface area contributed by atoms with Crippen LogP contribution in [0.4, 0.5) is 0 Å². The number of nitrogens with zero attached hydrogens (tertiary/aromatic N) is 3. The smallest absolute Gasteiger partial charge is 0.272 e. The van der Waals surface area contributed by atoms with E-state index in [-0.39, 0.29) is 11.4 Å². The molecular weight excluding hydrogens is 256 g/mol. The number of hydrogen-bond donors (Lipinski definition) is 1. The summed E-state index contributed by atoms with van der Waals surface area (Å²) in [5.74, 6) is 1.41. The molecule has 0 bridgehead atoms. The van der Waals surface area contributed by atoms with Crippen LogP contribution in [-0.2, 0) is 4.74 Å². The Morgan fingerprint density at radius 2 is 2.35 bits per heavy atom. The van der Waals surface area contributed by atoms with Crippen molar-refractivity contribution in [3.63, 3.8) is 0 Å². The Hall–Kier alpha value is -1.40. The number of aryl methyl sites for hydroxylation is 1. The van der Waals surface area contributed by atoms with Crippen molar-refractivity contribution in [2.24, 2.45) is 5.92 Å². The number of carbonyl (C=O) groups excluding carboxylic acids is 1. The molecule has 2 saturated heterocycles. The van der Waals surface area contributed by atoms with Crippen LogP contribution in [0.1, 0.15) is 22.7 Å². The maximum Gasteiger partial charge on any atom is 0.272 e. The highest BCUT2D eigenvalue weighted by Crippen LogP contribution is 2.39. The highest BCUT2D eigenvalue weighted by molar-refractivity contribution is 5.93. The van der Waals surface area contributed by atoms with Crippen LogP contribution in [0.5, 0.6) is 0 Å². The van der Waals surface area contributed by atoms with E-state index in [1.807, 2.05) is 11.8 Å². The Morgan fingerprint density at radius 1 is 1.60 bits per heavy atom. The van der Waals surface area contributed by atoms with Gasteiger partial charge in [0.15, 0.2) is 0 Å². The van der Waals surface area contributed by atoms with E-state index in [0.29, 0.717) is 11.6 Å². The number of ether oxygens (including phenoxy) is 1. The highest BCUT2D eigenvalue weighted by atomic mass is 16.5. The second-order valence-electron chi connectivity index (χ2n) is 6.17. The Kier molecular flexibility index (Phi) is 3.30. The van der Waals surface area contributed by atoms with Crippen LogP contribution in [0.15, 0.2) is 6.20 Å². The van der Waals surface area contributed by atoms with Gasteiger partial charge in [-0.15, -0.1) is 0 Å². The molecule has 0 saturated carbocycles. The second kappa shape index (κ2) is 4.86. The fraction of sp³-hybridized carbons (Fsp3) is 0.714. The van der Waals surface area contributed by atoms with Gasteiger partial charge in [-0.05, 0) is 26.3 Å². The van der Waals surface area contributed by atoms with Crippen molar-refractivity contribution in [3.05, 3.63) is 17.7 Å². The van der Waals surface area contributed by atoms with Gasteiger partial charge < -0.3 is 14.6 Å². The molecule has 2 aliphatic heterocycles. The summed E-state index contributed by atoms with van der Waals surface area (Å²) in [5.41, 5.74) is 0.750. The van der Waals surface area contributed by atoms with E-state index in [2.05, 4.69) is 21.9 Å². The van der Waals surface area contributed by atoms with Crippen molar-refractivity contribution in [2.45, 2.75) is 18.9 Å². The van der Waals surface area contributed by atoms with Gasteiger partial charge in [0, 0.05) is 26.7 Å². The van der Waals surface area contributed by atoms with Crippen LogP contribution < -0.4 is 0 Å². The summed E-state index contributed by atoms with van der Waals surface area (Å²) in [6, 6.07) is 0. The first kappa shape index (κ1) is 13.6. The number of amides is 1. The quantitative estimate of drug-likeness (QED) is 0.875. The van der Waals surface area contributed by atoms with E-state index >= 15 is 0 Å². The minimum absolute atomic E-state index is 0.0554. The van der Waals surface area contributed by atoms with Crippen LogP contribution >= 0.6 is 0 Å². The lowest BCUT2D eigenvalue weighted by Gasteiger charge is -2.51. The topological polar surface area (TPSA) is 61.5 Å². The van der Waals surface area contributed by atoms with Crippen LogP contribution in [0, 0.1) is 12.8 Å². The third-order valence-electron chi connectivity index (χ3n) is 4.60. The molecule has 2 aliphatic rings. The average Bonchev–Trinajstić information content (AvgIpc) is 2.91. The van der Waals surface area contributed by atoms with Crippen LogP contribution in [0.25, 0.3) is 0 Å². The van der Waals surface area contributed by atoms with E-state index in [1.54, 1.807) is 13.3 Å². The molecule has 20 heavy (non-hydrogen) atoms. The maximum absolute atomic E-state index is 12.3. The van der Waals surface area contributed by atoms with Crippen molar-refractivity contribution >= 4 is 5.91 Å². The number of nitrogens with one attached hydrogen (secondary N) is 1. The zero-order valence-corrected chi connectivity index (χ0v) is 12.3. The molecule has 3 heterocycles. The summed E-state index contributed by atoms with van der Waals surface area (Å²) in [7, 11) is 3.90. The number of aromatic amines is 1. The molecule has 1 atom stereocenters. The van der Waals surface area contributed by atoms with Gasteiger partial charge in [-0.3, -0.25) is 9.69 Å². The molecule has 1 N–H and O–H groups in total. The van der Waals surface area contributed by atoms with E-state index in [1.165, 1.54) is 0 Å². The third-order valence-corrected chi connectivity index (χ3v) is 4.60. The SMILES string of the molecule is COCC1CN(C)C2(C1)CN(C(=O)c1cnc(C)[nH]1)C2. The van der Waals surface area contributed by atoms with Crippen LogP contribution in [-0.4, -0.2) is 71.6 Å². The van der Waals surface area contributed by atoms with E-state index in [9.17, 15) is 4.79 Å². The first-order valence-electron chi connectivity index (χ1n) is 7.05. The predicted octanol–water partition coefficient (Wildman–Crippen LogP) is 0.511. The number of methoxy groups -OCH3 is 1. The van der Waals surface area contributed by atoms with Gasteiger partial charge in [0.2, 0.25) is 0 Å². The molecule has 1 unspecified atom stereocenters. The lowest BCUT2D eigenvalue weighted by molar-refractivity contribution is -0.00818. The molecule has 1 amide bonds. The molecule has 1 aromatic heterocycles. The van der Waals surface area contributed by atoms with Crippen molar-refractivity contribution in [3.8, 4) is 0 Å². The van der Waals surface area contributed by atoms with Crippen molar-refractivity contribution < 1.29 is 9.53 Å². The van der Waals surface area contributed by atoms with E-state index in [0.717, 1.165) is 38.5 Å². The summed E-state index contributed by atoms with van der Waals surface area (Å²) in [6.45, 7) is 5.33. The molecule has 0 radical (unpaired) electrons. The second-order valence-corrected chi connectivity index (χ2v) is 6.17. The largest absolute Gasteiger partial charge is 0.384 e. The van der Waals surface area contributed by atoms with Gasteiger partial charge >= 0.3 is 0 Å². The molecule has 2 fully saturated rings.